The molecule has 0 aliphatic rings. The second kappa shape index (κ2) is 6.98. The molecule has 0 aliphatic heterocycles. The molecule has 3 aromatic rings. The Bertz CT molecular complexity index is 913. The normalized spacial score (nSPS) is 10.2. The van der Waals surface area contributed by atoms with E-state index in [0.29, 0.717) is 16.4 Å². The number of aromatic nitrogens is 1. The lowest BCUT2D eigenvalue weighted by Gasteiger charge is -2.05. The lowest BCUT2D eigenvalue weighted by atomic mass is 10.2. The van der Waals surface area contributed by atoms with Crippen molar-refractivity contribution < 1.29 is 14.3 Å². The molecule has 0 fully saturated rings. The van der Waals surface area contributed by atoms with Gasteiger partial charge in [0.1, 0.15) is 11.5 Å². The van der Waals surface area contributed by atoms with Crippen molar-refractivity contribution in [3.63, 3.8) is 0 Å². The number of hydrogen-bond donors (Lipinski definition) is 1. The Labute approximate surface area is 142 Å². The van der Waals surface area contributed by atoms with Gasteiger partial charge < -0.3 is 9.47 Å². The average molecular weight is 339 g/mol. The first-order valence-electron chi connectivity index (χ1n) is 7.05. The van der Waals surface area contributed by atoms with E-state index in [0.717, 1.165) is 16.0 Å². The quantitative estimate of drug-likeness (QED) is 0.772. The van der Waals surface area contributed by atoms with Gasteiger partial charge in [-0.05, 0) is 42.5 Å². The number of anilines is 1. The van der Waals surface area contributed by atoms with Crippen LogP contribution >= 0.6 is 11.3 Å². The van der Waals surface area contributed by atoms with E-state index in [1.54, 1.807) is 31.4 Å². The lowest BCUT2D eigenvalue weighted by molar-refractivity contribution is -0.118. The van der Waals surface area contributed by atoms with Crippen LogP contribution in [0.1, 0.15) is 5.56 Å². The third-order valence-electron chi connectivity index (χ3n) is 3.20. The second-order valence-corrected chi connectivity index (χ2v) is 5.86. The number of nitriles is 1. The van der Waals surface area contributed by atoms with Crippen LogP contribution in [0.3, 0.4) is 0 Å². The van der Waals surface area contributed by atoms with Crippen molar-refractivity contribution >= 4 is 32.6 Å². The van der Waals surface area contributed by atoms with Crippen molar-refractivity contribution in [3.8, 4) is 17.6 Å². The Hall–Kier alpha value is -3.11. The van der Waals surface area contributed by atoms with Gasteiger partial charge >= 0.3 is 0 Å². The summed E-state index contributed by atoms with van der Waals surface area (Å²) in [7, 11) is 1.60. The molecule has 120 valence electrons. The van der Waals surface area contributed by atoms with Gasteiger partial charge in [-0.25, -0.2) is 4.98 Å². The van der Waals surface area contributed by atoms with Crippen molar-refractivity contribution in [2.75, 3.05) is 19.0 Å². The average Bonchev–Trinajstić information content (AvgIpc) is 3.01. The van der Waals surface area contributed by atoms with E-state index in [1.807, 2.05) is 24.3 Å². The molecule has 0 saturated carbocycles. The van der Waals surface area contributed by atoms with Gasteiger partial charge in [0.2, 0.25) is 0 Å². The van der Waals surface area contributed by atoms with Crippen LogP contribution in [0.5, 0.6) is 11.5 Å². The number of fused-ring (bicyclic) bond motifs is 1. The molecular formula is C17H13N3O3S. The summed E-state index contributed by atoms with van der Waals surface area (Å²) in [4.78, 5) is 16.3. The molecule has 2 aromatic carbocycles. The van der Waals surface area contributed by atoms with Gasteiger partial charge in [0.25, 0.3) is 5.91 Å². The standard InChI is InChI=1S/C17H13N3O3S/c1-22-13-6-7-14-15(8-13)24-17(19-14)20-16(21)10-23-12-4-2-11(9-18)3-5-12/h2-8H,10H2,1H3,(H,19,20,21). The molecule has 0 atom stereocenters. The van der Waals surface area contributed by atoms with E-state index < -0.39 is 0 Å². The first-order valence-corrected chi connectivity index (χ1v) is 7.87. The summed E-state index contributed by atoms with van der Waals surface area (Å²) in [6, 6.07) is 14.1. The number of hydrogen-bond acceptors (Lipinski definition) is 6. The fraction of sp³-hybridized carbons (Fsp3) is 0.118. The van der Waals surface area contributed by atoms with Gasteiger partial charge in [-0.1, -0.05) is 11.3 Å². The Morgan fingerprint density at radius 2 is 2.00 bits per heavy atom. The lowest BCUT2D eigenvalue weighted by Crippen LogP contribution is -2.19. The van der Waals surface area contributed by atoms with Crippen LogP contribution in [-0.4, -0.2) is 24.6 Å². The number of nitrogens with zero attached hydrogens (tertiary/aromatic N) is 2. The molecule has 1 amide bonds. The molecule has 3 rings (SSSR count). The van der Waals surface area contributed by atoms with Gasteiger partial charge in [0, 0.05) is 0 Å². The van der Waals surface area contributed by atoms with Crippen molar-refractivity contribution in [1.29, 1.82) is 5.26 Å². The minimum absolute atomic E-state index is 0.134. The predicted octanol–water partition coefficient (Wildman–Crippen LogP) is 3.19. The molecule has 1 heterocycles. The van der Waals surface area contributed by atoms with Gasteiger partial charge in [0.05, 0.1) is 29.0 Å². The highest BCUT2D eigenvalue weighted by Gasteiger charge is 2.09. The van der Waals surface area contributed by atoms with Crippen LogP contribution in [0.25, 0.3) is 10.2 Å². The van der Waals surface area contributed by atoms with Gasteiger partial charge in [0.15, 0.2) is 11.7 Å². The molecule has 0 spiro atoms. The molecule has 7 heteroatoms. The first-order chi connectivity index (χ1) is 11.7. The van der Waals surface area contributed by atoms with Crippen LogP contribution in [0.2, 0.25) is 0 Å². The summed E-state index contributed by atoms with van der Waals surface area (Å²) in [6.07, 6.45) is 0. The number of thiazole rings is 1. The van der Waals surface area contributed by atoms with E-state index in [2.05, 4.69) is 10.3 Å². The molecule has 0 bridgehead atoms. The zero-order valence-electron chi connectivity index (χ0n) is 12.8. The van der Waals surface area contributed by atoms with Crippen LogP contribution in [0.15, 0.2) is 42.5 Å². The summed E-state index contributed by atoms with van der Waals surface area (Å²) in [5, 5.41) is 12.0. The van der Waals surface area contributed by atoms with Crippen LogP contribution in [-0.2, 0) is 4.79 Å². The van der Waals surface area contributed by atoms with Crippen molar-refractivity contribution in [2.45, 2.75) is 0 Å². The molecule has 0 saturated heterocycles. The minimum atomic E-state index is -0.301. The SMILES string of the molecule is COc1ccc2nc(NC(=O)COc3ccc(C#N)cc3)sc2c1. The zero-order chi connectivity index (χ0) is 16.9. The van der Waals surface area contributed by atoms with Crippen LogP contribution in [0, 0.1) is 11.3 Å². The molecule has 24 heavy (non-hydrogen) atoms. The zero-order valence-corrected chi connectivity index (χ0v) is 13.6. The number of carbonyl (C=O) groups excluding carboxylic acids is 1. The number of rotatable bonds is 5. The summed E-state index contributed by atoms with van der Waals surface area (Å²) >= 11 is 1.37. The topological polar surface area (TPSA) is 84.2 Å². The minimum Gasteiger partial charge on any atom is -0.497 e. The molecule has 0 radical (unpaired) electrons. The van der Waals surface area contributed by atoms with Gasteiger partial charge in [-0.15, -0.1) is 0 Å². The highest BCUT2D eigenvalue weighted by atomic mass is 32.1. The summed E-state index contributed by atoms with van der Waals surface area (Å²) < 4.78 is 11.5. The maximum absolute atomic E-state index is 12.0. The fourth-order valence-electron chi connectivity index (χ4n) is 2.02. The fourth-order valence-corrected chi connectivity index (χ4v) is 2.93. The Kier molecular flexibility index (Phi) is 4.59. The summed E-state index contributed by atoms with van der Waals surface area (Å²) in [5.74, 6) is 0.969. The second-order valence-electron chi connectivity index (χ2n) is 4.83. The monoisotopic (exact) mass is 339 g/mol. The number of nitrogens with one attached hydrogen (secondary N) is 1. The Balaban J connectivity index is 1.61. The highest BCUT2D eigenvalue weighted by molar-refractivity contribution is 7.22. The third kappa shape index (κ3) is 3.62. The summed E-state index contributed by atoms with van der Waals surface area (Å²) in [6.45, 7) is -0.134. The van der Waals surface area contributed by atoms with Gasteiger partial charge in [-0.2, -0.15) is 5.26 Å². The molecular weight excluding hydrogens is 326 g/mol. The number of ether oxygens (including phenoxy) is 2. The number of carbonyl (C=O) groups is 1. The Morgan fingerprint density at radius 3 is 2.71 bits per heavy atom. The number of amides is 1. The number of benzene rings is 2. The largest absolute Gasteiger partial charge is 0.497 e. The highest BCUT2D eigenvalue weighted by Crippen LogP contribution is 2.29. The van der Waals surface area contributed by atoms with Crippen molar-refractivity contribution in [3.05, 3.63) is 48.0 Å². The Morgan fingerprint density at radius 1 is 1.25 bits per heavy atom. The van der Waals surface area contributed by atoms with E-state index >= 15 is 0 Å². The van der Waals surface area contributed by atoms with Crippen molar-refractivity contribution in [2.24, 2.45) is 0 Å². The first kappa shape index (κ1) is 15.8. The van der Waals surface area contributed by atoms with E-state index in [1.165, 1.54) is 11.3 Å². The predicted molar refractivity (Wildman–Crippen MR) is 91.5 cm³/mol. The van der Waals surface area contributed by atoms with Crippen LogP contribution < -0.4 is 14.8 Å². The number of methoxy groups -OCH3 is 1. The molecule has 1 N–H and O–H groups in total. The van der Waals surface area contributed by atoms with Gasteiger partial charge in [-0.3, -0.25) is 10.1 Å². The third-order valence-corrected chi connectivity index (χ3v) is 4.13. The molecule has 0 aliphatic carbocycles. The van der Waals surface area contributed by atoms with E-state index in [-0.39, 0.29) is 12.5 Å². The van der Waals surface area contributed by atoms with E-state index in [9.17, 15) is 4.79 Å². The maximum Gasteiger partial charge on any atom is 0.264 e. The van der Waals surface area contributed by atoms with Crippen molar-refractivity contribution in [1.82, 2.24) is 4.98 Å². The van der Waals surface area contributed by atoms with Crippen LogP contribution in [0.4, 0.5) is 5.13 Å². The summed E-state index contributed by atoms with van der Waals surface area (Å²) in [5.41, 5.74) is 1.33. The molecule has 1 aromatic heterocycles. The smallest absolute Gasteiger partial charge is 0.264 e. The maximum atomic E-state index is 12.0. The molecule has 0 unspecified atom stereocenters. The molecule has 6 nitrogen and oxygen atoms in total. The van der Waals surface area contributed by atoms with E-state index in [4.69, 9.17) is 14.7 Å².